The standard InChI is InChI=1S/C29H27N5O2S/c1-37(35,36)24-12-8-21(9-13-24)20-4-6-22(7-5-20)29-33-26-18-32-28-25(15-17-31-28)27(26)34(29)23-10-2-19(3-11-23)14-16-30/h4-9,12-13,15,17-19,23H,2-3,10-11,14H2,1H3,(H,31,32). The summed E-state index contributed by atoms with van der Waals surface area (Å²) in [5.41, 5.74) is 5.83. The molecule has 1 saturated carbocycles. The zero-order valence-corrected chi connectivity index (χ0v) is 21.4. The molecule has 3 aromatic heterocycles. The van der Waals surface area contributed by atoms with Crippen molar-refractivity contribution < 1.29 is 8.42 Å². The predicted octanol–water partition coefficient (Wildman–Crippen LogP) is 6.30. The van der Waals surface area contributed by atoms with Crippen LogP contribution in [0.15, 0.2) is 71.9 Å². The zero-order valence-electron chi connectivity index (χ0n) is 20.6. The lowest BCUT2D eigenvalue weighted by Gasteiger charge is -2.30. The van der Waals surface area contributed by atoms with Gasteiger partial charge in [-0.2, -0.15) is 5.26 Å². The maximum Gasteiger partial charge on any atom is 0.175 e. The topological polar surface area (TPSA) is 104 Å². The Hall–Kier alpha value is -3.96. The summed E-state index contributed by atoms with van der Waals surface area (Å²) in [6.07, 6.45) is 9.73. The molecular weight excluding hydrogens is 482 g/mol. The van der Waals surface area contributed by atoms with Crippen LogP contribution in [0, 0.1) is 17.2 Å². The number of H-pyrrole nitrogens is 1. The van der Waals surface area contributed by atoms with Crippen molar-refractivity contribution in [2.45, 2.75) is 43.0 Å². The third-order valence-electron chi connectivity index (χ3n) is 7.55. The fourth-order valence-corrected chi connectivity index (χ4v) is 6.22. The van der Waals surface area contributed by atoms with E-state index in [-0.39, 0.29) is 0 Å². The largest absolute Gasteiger partial charge is 0.346 e. The number of benzene rings is 2. The molecule has 3 heterocycles. The van der Waals surface area contributed by atoms with Gasteiger partial charge in [0.2, 0.25) is 0 Å². The molecule has 7 nitrogen and oxygen atoms in total. The number of sulfone groups is 1. The highest BCUT2D eigenvalue weighted by Crippen LogP contribution is 2.40. The summed E-state index contributed by atoms with van der Waals surface area (Å²) in [6, 6.07) is 20.0. The van der Waals surface area contributed by atoms with Gasteiger partial charge >= 0.3 is 0 Å². The zero-order chi connectivity index (χ0) is 25.6. The van der Waals surface area contributed by atoms with Gasteiger partial charge in [0.15, 0.2) is 9.84 Å². The Kier molecular flexibility index (Phi) is 5.81. The first kappa shape index (κ1) is 23.4. The van der Waals surface area contributed by atoms with Crippen LogP contribution < -0.4 is 0 Å². The number of imidazole rings is 1. The van der Waals surface area contributed by atoms with Gasteiger partial charge in [-0.1, -0.05) is 36.4 Å². The van der Waals surface area contributed by atoms with Crippen LogP contribution in [0.4, 0.5) is 0 Å². The maximum atomic E-state index is 11.8. The Morgan fingerprint density at radius 3 is 2.27 bits per heavy atom. The maximum absolute atomic E-state index is 11.8. The molecule has 1 aliphatic rings. The van der Waals surface area contributed by atoms with Gasteiger partial charge in [0, 0.05) is 35.9 Å². The highest BCUT2D eigenvalue weighted by molar-refractivity contribution is 7.90. The van der Waals surface area contributed by atoms with Crippen LogP contribution in [0.3, 0.4) is 0 Å². The molecule has 0 amide bonds. The number of nitriles is 1. The Morgan fingerprint density at radius 2 is 1.62 bits per heavy atom. The minimum Gasteiger partial charge on any atom is -0.346 e. The van der Waals surface area contributed by atoms with Crippen LogP contribution in [0.2, 0.25) is 0 Å². The molecule has 0 saturated heterocycles. The van der Waals surface area contributed by atoms with E-state index in [9.17, 15) is 8.42 Å². The lowest BCUT2D eigenvalue weighted by Crippen LogP contribution is -2.19. The molecule has 0 radical (unpaired) electrons. The second kappa shape index (κ2) is 9.16. The first-order valence-corrected chi connectivity index (χ1v) is 14.4. The number of rotatable bonds is 5. The summed E-state index contributed by atoms with van der Waals surface area (Å²) in [4.78, 5) is 13.2. The number of hydrogen-bond acceptors (Lipinski definition) is 5. The van der Waals surface area contributed by atoms with Crippen LogP contribution in [0.25, 0.3) is 44.6 Å². The van der Waals surface area contributed by atoms with E-state index >= 15 is 0 Å². The molecule has 8 heteroatoms. The van der Waals surface area contributed by atoms with E-state index in [0.29, 0.717) is 23.3 Å². The Labute approximate surface area is 215 Å². The van der Waals surface area contributed by atoms with Gasteiger partial charge in [0.05, 0.1) is 22.7 Å². The average Bonchev–Trinajstić information content (AvgIpc) is 3.54. The second-order valence-corrected chi connectivity index (χ2v) is 12.0. The van der Waals surface area contributed by atoms with Crippen molar-refractivity contribution in [2.24, 2.45) is 5.92 Å². The van der Waals surface area contributed by atoms with Crippen LogP contribution in [-0.4, -0.2) is 34.2 Å². The third-order valence-corrected chi connectivity index (χ3v) is 8.68. The molecule has 186 valence electrons. The molecule has 37 heavy (non-hydrogen) atoms. The predicted molar refractivity (Wildman–Crippen MR) is 145 cm³/mol. The van der Waals surface area contributed by atoms with E-state index in [0.717, 1.165) is 70.3 Å². The number of nitrogens with one attached hydrogen (secondary N) is 1. The van der Waals surface area contributed by atoms with Gasteiger partial charge in [-0.05, 0) is 60.9 Å². The molecule has 0 unspecified atom stereocenters. The highest BCUT2D eigenvalue weighted by atomic mass is 32.2. The third kappa shape index (κ3) is 4.30. The molecule has 1 aliphatic carbocycles. The highest BCUT2D eigenvalue weighted by Gasteiger charge is 2.27. The van der Waals surface area contributed by atoms with Crippen LogP contribution in [0.5, 0.6) is 0 Å². The van der Waals surface area contributed by atoms with E-state index in [1.54, 1.807) is 12.1 Å². The van der Waals surface area contributed by atoms with Crippen LogP contribution >= 0.6 is 0 Å². The molecule has 6 rings (SSSR count). The Balaban J connectivity index is 1.41. The van der Waals surface area contributed by atoms with Gasteiger partial charge in [0.25, 0.3) is 0 Å². The Bertz CT molecular complexity index is 1730. The van der Waals surface area contributed by atoms with Crippen molar-refractivity contribution in [3.05, 3.63) is 67.0 Å². The van der Waals surface area contributed by atoms with E-state index < -0.39 is 9.84 Å². The lowest BCUT2D eigenvalue weighted by atomic mass is 9.84. The second-order valence-electron chi connectivity index (χ2n) is 9.95. The number of pyridine rings is 1. The van der Waals surface area contributed by atoms with Crippen LogP contribution in [0.1, 0.15) is 38.1 Å². The summed E-state index contributed by atoms with van der Waals surface area (Å²) in [6.45, 7) is 0. The summed E-state index contributed by atoms with van der Waals surface area (Å²) >= 11 is 0. The number of fused-ring (bicyclic) bond motifs is 3. The molecule has 0 aliphatic heterocycles. The van der Waals surface area contributed by atoms with Gasteiger partial charge in [-0.25, -0.2) is 18.4 Å². The van der Waals surface area contributed by atoms with Crippen molar-refractivity contribution in [1.29, 1.82) is 5.26 Å². The number of hydrogen-bond donors (Lipinski definition) is 1. The fourth-order valence-electron chi connectivity index (χ4n) is 5.59. The van der Waals surface area contributed by atoms with Crippen molar-refractivity contribution >= 4 is 31.9 Å². The van der Waals surface area contributed by atoms with Gasteiger partial charge < -0.3 is 9.55 Å². The first-order chi connectivity index (χ1) is 17.9. The monoisotopic (exact) mass is 509 g/mol. The van der Waals surface area contributed by atoms with Crippen molar-refractivity contribution in [2.75, 3.05) is 6.26 Å². The van der Waals surface area contributed by atoms with E-state index in [1.165, 1.54) is 6.26 Å². The average molecular weight is 510 g/mol. The molecule has 0 bridgehead atoms. The van der Waals surface area contributed by atoms with Gasteiger partial charge in [0.1, 0.15) is 17.0 Å². The summed E-state index contributed by atoms with van der Waals surface area (Å²) in [5.74, 6) is 1.40. The molecular formula is C29H27N5O2S. The quantitative estimate of drug-likeness (QED) is 0.300. The normalized spacial score (nSPS) is 18.3. The Morgan fingerprint density at radius 1 is 0.973 bits per heavy atom. The molecule has 5 aromatic rings. The molecule has 0 spiro atoms. The smallest absolute Gasteiger partial charge is 0.175 e. The summed E-state index contributed by atoms with van der Waals surface area (Å²) in [5, 5.41) is 10.2. The lowest BCUT2D eigenvalue weighted by molar-refractivity contribution is 0.283. The van der Waals surface area contributed by atoms with Crippen LogP contribution in [-0.2, 0) is 9.84 Å². The van der Waals surface area contributed by atoms with Crippen molar-refractivity contribution in [3.8, 4) is 28.6 Å². The number of aromatic amines is 1. The summed E-state index contributed by atoms with van der Waals surface area (Å²) < 4.78 is 26.0. The van der Waals surface area contributed by atoms with Crippen molar-refractivity contribution in [3.63, 3.8) is 0 Å². The molecule has 1 N–H and O–H groups in total. The van der Waals surface area contributed by atoms with E-state index in [4.69, 9.17) is 10.2 Å². The van der Waals surface area contributed by atoms with E-state index in [2.05, 4.69) is 50.9 Å². The number of nitrogens with zero attached hydrogens (tertiary/aromatic N) is 4. The minimum absolute atomic E-state index is 0.304. The molecule has 2 aromatic carbocycles. The minimum atomic E-state index is -3.23. The number of aromatic nitrogens is 4. The first-order valence-electron chi connectivity index (χ1n) is 12.5. The van der Waals surface area contributed by atoms with E-state index in [1.807, 2.05) is 24.5 Å². The van der Waals surface area contributed by atoms with Gasteiger partial charge in [-0.15, -0.1) is 0 Å². The van der Waals surface area contributed by atoms with Crippen molar-refractivity contribution in [1.82, 2.24) is 19.5 Å². The fraction of sp³-hybridized carbons (Fsp3) is 0.276. The molecule has 1 fully saturated rings. The summed E-state index contributed by atoms with van der Waals surface area (Å²) in [7, 11) is -3.23. The SMILES string of the molecule is CS(=O)(=O)c1ccc(-c2ccc(-c3nc4cnc5[nH]ccc5c4n3C3CCC(CC#N)CC3)cc2)cc1. The van der Waals surface area contributed by atoms with Gasteiger partial charge in [-0.3, -0.25) is 0 Å². The molecule has 0 atom stereocenters.